The molecule has 0 spiro atoms. The molecule has 8 rings (SSSR count). The summed E-state index contributed by atoms with van der Waals surface area (Å²) in [6.45, 7) is 0. The first-order chi connectivity index (χ1) is 20.3. The molecule has 0 bridgehead atoms. The predicted octanol–water partition coefficient (Wildman–Crippen LogP) is 11.4. The third-order valence-corrected chi connectivity index (χ3v) is 8.20. The first-order valence-electron chi connectivity index (χ1n) is 14.1. The van der Waals surface area contributed by atoms with Crippen LogP contribution >= 0.6 is 0 Å². The Balaban J connectivity index is 1.37. The number of rotatable bonds is 4. The van der Waals surface area contributed by atoms with Crippen molar-refractivity contribution in [3.63, 3.8) is 0 Å². The van der Waals surface area contributed by atoms with Crippen molar-refractivity contribution in [2.75, 3.05) is 4.90 Å². The third kappa shape index (κ3) is 4.02. The lowest BCUT2D eigenvalue weighted by molar-refractivity contribution is 1.29. The summed E-state index contributed by atoms with van der Waals surface area (Å²) in [7, 11) is 0. The predicted molar refractivity (Wildman–Crippen MR) is 177 cm³/mol. The van der Waals surface area contributed by atoms with Crippen LogP contribution in [0, 0.1) is 0 Å². The highest BCUT2D eigenvalue weighted by Gasteiger charge is 2.18. The molecule has 1 nitrogen and oxygen atoms in total. The Morgan fingerprint density at radius 3 is 1.68 bits per heavy atom. The van der Waals surface area contributed by atoms with Crippen LogP contribution in [0.2, 0.25) is 0 Å². The van der Waals surface area contributed by atoms with Gasteiger partial charge in [-0.15, -0.1) is 0 Å². The lowest BCUT2D eigenvalue weighted by Gasteiger charge is -2.28. The van der Waals surface area contributed by atoms with Crippen molar-refractivity contribution >= 4 is 60.2 Å². The Labute approximate surface area is 239 Å². The van der Waals surface area contributed by atoms with E-state index in [1.165, 1.54) is 54.2 Å². The first kappa shape index (κ1) is 23.5. The second-order valence-corrected chi connectivity index (χ2v) is 10.6. The number of anilines is 3. The van der Waals surface area contributed by atoms with Crippen LogP contribution in [-0.4, -0.2) is 0 Å². The van der Waals surface area contributed by atoms with Gasteiger partial charge in [0.05, 0.1) is 5.69 Å². The maximum Gasteiger partial charge on any atom is 0.0540 e. The fourth-order valence-electron chi connectivity index (χ4n) is 6.23. The molecule has 0 aliphatic rings. The normalized spacial score (nSPS) is 11.4. The van der Waals surface area contributed by atoms with E-state index in [1.807, 2.05) is 0 Å². The van der Waals surface area contributed by atoms with E-state index in [2.05, 4.69) is 169 Å². The van der Waals surface area contributed by atoms with Gasteiger partial charge < -0.3 is 4.90 Å². The molecule has 0 N–H and O–H groups in total. The van der Waals surface area contributed by atoms with E-state index in [-0.39, 0.29) is 0 Å². The minimum absolute atomic E-state index is 1.14. The minimum Gasteiger partial charge on any atom is -0.310 e. The highest BCUT2D eigenvalue weighted by atomic mass is 15.1. The molecular weight excluding hydrogens is 494 g/mol. The number of para-hydroxylation sites is 1. The van der Waals surface area contributed by atoms with Crippen LogP contribution in [0.3, 0.4) is 0 Å². The molecule has 0 fully saturated rings. The zero-order valence-corrected chi connectivity index (χ0v) is 22.5. The molecule has 8 aromatic rings. The first-order valence-corrected chi connectivity index (χ1v) is 14.1. The average molecular weight is 522 g/mol. The quantitative estimate of drug-likeness (QED) is 0.208. The topological polar surface area (TPSA) is 3.24 Å². The Bertz CT molecular complexity index is 2210. The SMILES string of the molecule is c1ccc(-c2ccccc2N(c2ccc3ccccc3c2)c2ccc3c(ccc4c5ccccc5ccc34)c2)cc1. The Morgan fingerprint density at radius 2 is 0.854 bits per heavy atom. The van der Waals surface area contributed by atoms with E-state index in [9.17, 15) is 0 Å². The number of fused-ring (bicyclic) bond motifs is 6. The van der Waals surface area contributed by atoms with Crippen LogP contribution in [0.5, 0.6) is 0 Å². The molecular formula is C40H27N. The molecule has 1 heteroatoms. The summed E-state index contributed by atoms with van der Waals surface area (Å²) in [5.41, 5.74) is 5.83. The Hall–Kier alpha value is -5.40. The second kappa shape index (κ2) is 9.66. The van der Waals surface area contributed by atoms with E-state index in [0.29, 0.717) is 0 Å². The molecule has 0 saturated heterocycles. The molecule has 8 aromatic carbocycles. The van der Waals surface area contributed by atoms with Crippen molar-refractivity contribution in [1.29, 1.82) is 0 Å². The maximum absolute atomic E-state index is 2.40. The van der Waals surface area contributed by atoms with Gasteiger partial charge in [-0.2, -0.15) is 0 Å². The number of benzene rings is 8. The van der Waals surface area contributed by atoms with Crippen LogP contribution < -0.4 is 4.90 Å². The number of hydrogen-bond acceptors (Lipinski definition) is 1. The van der Waals surface area contributed by atoms with E-state index in [0.717, 1.165) is 17.1 Å². The second-order valence-electron chi connectivity index (χ2n) is 10.6. The lowest BCUT2D eigenvalue weighted by atomic mass is 9.96. The zero-order valence-electron chi connectivity index (χ0n) is 22.5. The van der Waals surface area contributed by atoms with Gasteiger partial charge in [-0.1, -0.05) is 133 Å². The number of hydrogen-bond donors (Lipinski definition) is 0. The van der Waals surface area contributed by atoms with Gasteiger partial charge in [0.25, 0.3) is 0 Å². The van der Waals surface area contributed by atoms with Crippen molar-refractivity contribution in [2.45, 2.75) is 0 Å². The number of nitrogens with zero attached hydrogens (tertiary/aromatic N) is 1. The zero-order chi connectivity index (χ0) is 27.2. The Kier molecular flexibility index (Phi) is 5.53. The molecule has 41 heavy (non-hydrogen) atoms. The van der Waals surface area contributed by atoms with E-state index >= 15 is 0 Å². The molecule has 0 unspecified atom stereocenters. The molecule has 192 valence electrons. The van der Waals surface area contributed by atoms with Crippen LogP contribution in [0.25, 0.3) is 54.2 Å². The summed E-state index contributed by atoms with van der Waals surface area (Å²) in [4.78, 5) is 2.40. The van der Waals surface area contributed by atoms with Gasteiger partial charge in [-0.25, -0.2) is 0 Å². The minimum atomic E-state index is 1.14. The highest BCUT2D eigenvalue weighted by molar-refractivity contribution is 6.17. The van der Waals surface area contributed by atoms with Crippen molar-refractivity contribution < 1.29 is 0 Å². The van der Waals surface area contributed by atoms with Crippen molar-refractivity contribution in [1.82, 2.24) is 0 Å². The van der Waals surface area contributed by atoms with Gasteiger partial charge in [0.15, 0.2) is 0 Å². The van der Waals surface area contributed by atoms with Gasteiger partial charge >= 0.3 is 0 Å². The molecule has 0 amide bonds. The summed E-state index contributed by atoms with van der Waals surface area (Å²) in [5, 5.41) is 10.1. The van der Waals surface area contributed by atoms with E-state index in [1.54, 1.807) is 0 Å². The van der Waals surface area contributed by atoms with Crippen LogP contribution in [-0.2, 0) is 0 Å². The van der Waals surface area contributed by atoms with E-state index in [4.69, 9.17) is 0 Å². The fraction of sp³-hybridized carbons (Fsp3) is 0. The van der Waals surface area contributed by atoms with Gasteiger partial charge in [-0.05, 0) is 79.0 Å². The summed E-state index contributed by atoms with van der Waals surface area (Å²) in [6, 6.07) is 59.3. The summed E-state index contributed by atoms with van der Waals surface area (Å²) in [6.07, 6.45) is 0. The van der Waals surface area contributed by atoms with Crippen LogP contribution in [0.1, 0.15) is 0 Å². The molecule has 0 aliphatic carbocycles. The average Bonchev–Trinajstić information content (AvgIpc) is 3.05. The van der Waals surface area contributed by atoms with Gasteiger partial charge in [0, 0.05) is 16.9 Å². The highest BCUT2D eigenvalue weighted by Crippen LogP contribution is 2.43. The van der Waals surface area contributed by atoms with Crippen molar-refractivity contribution in [2.24, 2.45) is 0 Å². The standard InChI is InChI=1S/C40H27N/c1-2-11-29(12-3-1)37-16-8-9-17-40(37)41(33-21-18-28-10-4-5-14-31(28)26-33)34-22-25-36-32(27-34)20-24-38-35-15-7-6-13-30(35)19-23-39(36)38/h1-27H. The van der Waals surface area contributed by atoms with Crippen molar-refractivity contribution in [3.05, 3.63) is 164 Å². The molecule has 0 radical (unpaired) electrons. The van der Waals surface area contributed by atoms with Gasteiger partial charge in [0.2, 0.25) is 0 Å². The van der Waals surface area contributed by atoms with Crippen molar-refractivity contribution in [3.8, 4) is 11.1 Å². The summed E-state index contributed by atoms with van der Waals surface area (Å²) >= 11 is 0. The summed E-state index contributed by atoms with van der Waals surface area (Å²) < 4.78 is 0. The molecule has 0 saturated carbocycles. The Morgan fingerprint density at radius 1 is 0.317 bits per heavy atom. The maximum atomic E-state index is 2.40. The van der Waals surface area contributed by atoms with E-state index < -0.39 is 0 Å². The van der Waals surface area contributed by atoms with Crippen LogP contribution in [0.15, 0.2) is 164 Å². The summed E-state index contributed by atoms with van der Waals surface area (Å²) in [5.74, 6) is 0. The van der Waals surface area contributed by atoms with Gasteiger partial charge in [-0.3, -0.25) is 0 Å². The fourth-order valence-corrected chi connectivity index (χ4v) is 6.23. The lowest BCUT2D eigenvalue weighted by Crippen LogP contribution is -2.11. The molecule has 0 atom stereocenters. The molecule has 0 aromatic heterocycles. The largest absolute Gasteiger partial charge is 0.310 e. The molecule has 0 aliphatic heterocycles. The smallest absolute Gasteiger partial charge is 0.0540 e. The monoisotopic (exact) mass is 521 g/mol. The third-order valence-electron chi connectivity index (χ3n) is 8.20. The molecule has 0 heterocycles. The van der Waals surface area contributed by atoms with Gasteiger partial charge in [0.1, 0.15) is 0 Å². The van der Waals surface area contributed by atoms with Crippen LogP contribution in [0.4, 0.5) is 17.1 Å².